The second-order valence-electron chi connectivity index (χ2n) is 3.21. The number of nitrogens with zero attached hydrogens (tertiary/aromatic N) is 2. The van der Waals surface area contributed by atoms with Crippen molar-refractivity contribution < 1.29 is 0 Å². The van der Waals surface area contributed by atoms with Crippen molar-refractivity contribution in [3.8, 4) is 0 Å². The lowest BCUT2D eigenvalue weighted by atomic mass is 10.1. The van der Waals surface area contributed by atoms with Crippen LogP contribution in [0.5, 0.6) is 0 Å². The average Bonchev–Trinajstić information content (AvgIpc) is 2.86. The van der Waals surface area contributed by atoms with Crippen LogP contribution in [-0.2, 0) is 5.41 Å². The van der Waals surface area contributed by atoms with Crippen molar-refractivity contribution in [3.05, 3.63) is 22.7 Å². The van der Waals surface area contributed by atoms with E-state index in [1.165, 1.54) is 0 Å². The smallest absolute Gasteiger partial charge is 0.135 e. The number of hydrogen-bond acceptors (Lipinski definition) is 3. The second kappa shape index (κ2) is 2.78. The van der Waals surface area contributed by atoms with Crippen molar-refractivity contribution in [2.45, 2.75) is 18.3 Å². The molecule has 0 atom stereocenters. The van der Waals surface area contributed by atoms with Gasteiger partial charge in [-0.15, -0.1) is 0 Å². The molecule has 0 radical (unpaired) electrons. The molecule has 1 aromatic heterocycles. The van der Waals surface area contributed by atoms with E-state index in [4.69, 9.17) is 5.73 Å². The lowest BCUT2D eigenvalue weighted by Gasteiger charge is -2.08. The van der Waals surface area contributed by atoms with Gasteiger partial charge in [0.05, 0.1) is 4.47 Å². The number of halogens is 1. The van der Waals surface area contributed by atoms with Crippen molar-refractivity contribution in [3.63, 3.8) is 0 Å². The lowest BCUT2D eigenvalue weighted by molar-refractivity contribution is 0.647. The van der Waals surface area contributed by atoms with Crippen LogP contribution in [0.25, 0.3) is 0 Å². The zero-order valence-electron chi connectivity index (χ0n) is 6.63. The third kappa shape index (κ3) is 1.25. The van der Waals surface area contributed by atoms with Crippen molar-refractivity contribution in [2.75, 3.05) is 6.54 Å². The van der Waals surface area contributed by atoms with E-state index in [0.717, 1.165) is 23.1 Å². The zero-order chi connectivity index (χ0) is 8.60. The molecule has 0 aromatic carbocycles. The van der Waals surface area contributed by atoms with E-state index in [1.807, 2.05) is 0 Å². The maximum Gasteiger partial charge on any atom is 0.135 e. The summed E-state index contributed by atoms with van der Waals surface area (Å²) < 4.78 is 0.916. The first-order valence-electron chi connectivity index (χ1n) is 3.95. The van der Waals surface area contributed by atoms with Crippen LogP contribution >= 0.6 is 15.9 Å². The molecule has 0 saturated heterocycles. The molecule has 1 saturated carbocycles. The summed E-state index contributed by atoms with van der Waals surface area (Å²) in [6.45, 7) is 0.661. The maximum absolute atomic E-state index is 5.65. The summed E-state index contributed by atoms with van der Waals surface area (Å²) in [4.78, 5) is 8.49. The Kier molecular flexibility index (Phi) is 1.88. The maximum atomic E-state index is 5.65. The van der Waals surface area contributed by atoms with Gasteiger partial charge in [-0.05, 0) is 28.8 Å². The Hall–Kier alpha value is -0.480. The lowest BCUT2D eigenvalue weighted by Crippen LogP contribution is -2.22. The first-order chi connectivity index (χ1) is 5.77. The minimum atomic E-state index is 0.112. The van der Waals surface area contributed by atoms with Gasteiger partial charge in [-0.25, -0.2) is 9.97 Å². The number of rotatable bonds is 2. The molecule has 0 bridgehead atoms. The van der Waals surface area contributed by atoms with Gasteiger partial charge in [0, 0.05) is 24.4 Å². The highest BCUT2D eigenvalue weighted by molar-refractivity contribution is 9.10. The molecule has 1 aliphatic rings. The van der Waals surface area contributed by atoms with E-state index in [-0.39, 0.29) is 5.41 Å². The Morgan fingerprint density at radius 3 is 2.42 bits per heavy atom. The molecule has 1 fully saturated rings. The van der Waals surface area contributed by atoms with E-state index in [1.54, 1.807) is 12.4 Å². The Balaban J connectivity index is 2.29. The quantitative estimate of drug-likeness (QED) is 0.828. The summed E-state index contributed by atoms with van der Waals surface area (Å²) in [6.07, 6.45) is 5.81. The summed E-state index contributed by atoms with van der Waals surface area (Å²) in [5.41, 5.74) is 5.76. The van der Waals surface area contributed by atoms with E-state index in [0.29, 0.717) is 6.54 Å². The predicted octanol–water partition coefficient (Wildman–Crippen LogP) is 1.23. The topological polar surface area (TPSA) is 51.8 Å². The summed E-state index contributed by atoms with van der Waals surface area (Å²) in [5, 5.41) is 0. The van der Waals surface area contributed by atoms with Gasteiger partial charge >= 0.3 is 0 Å². The normalized spacial score (nSPS) is 19.2. The third-order valence-electron chi connectivity index (χ3n) is 2.34. The summed E-state index contributed by atoms with van der Waals surface area (Å²) in [7, 11) is 0. The molecular formula is C8H10BrN3. The van der Waals surface area contributed by atoms with Gasteiger partial charge in [0.2, 0.25) is 0 Å². The number of aromatic nitrogens is 2. The third-order valence-corrected chi connectivity index (χ3v) is 2.75. The minimum Gasteiger partial charge on any atom is -0.329 e. The highest BCUT2D eigenvalue weighted by Crippen LogP contribution is 2.45. The molecular weight excluding hydrogens is 218 g/mol. The Morgan fingerprint density at radius 2 is 2.00 bits per heavy atom. The standard InChI is InChI=1S/C8H10BrN3/c9-6-3-11-7(12-4-6)8(5-10)1-2-8/h3-4H,1-2,5,10H2. The Bertz CT molecular complexity index is 279. The fourth-order valence-electron chi connectivity index (χ4n) is 1.26. The van der Waals surface area contributed by atoms with Crippen LogP contribution in [0.15, 0.2) is 16.9 Å². The molecule has 1 aromatic rings. The van der Waals surface area contributed by atoms with E-state index < -0.39 is 0 Å². The molecule has 0 spiro atoms. The molecule has 1 aliphatic carbocycles. The van der Waals surface area contributed by atoms with E-state index in [2.05, 4.69) is 25.9 Å². The average molecular weight is 228 g/mol. The van der Waals surface area contributed by atoms with Crippen molar-refractivity contribution in [2.24, 2.45) is 5.73 Å². The predicted molar refractivity (Wildman–Crippen MR) is 49.7 cm³/mol. The van der Waals surface area contributed by atoms with Crippen LogP contribution < -0.4 is 5.73 Å². The van der Waals surface area contributed by atoms with Gasteiger partial charge in [0.25, 0.3) is 0 Å². The first kappa shape index (κ1) is 8.13. The minimum absolute atomic E-state index is 0.112. The number of hydrogen-bond donors (Lipinski definition) is 1. The van der Waals surface area contributed by atoms with E-state index >= 15 is 0 Å². The fraction of sp³-hybridized carbons (Fsp3) is 0.500. The molecule has 3 nitrogen and oxygen atoms in total. The molecule has 1 heterocycles. The zero-order valence-corrected chi connectivity index (χ0v) is 8.21. The number of nitrogens with two attached hydrogens (primary N) is 1. The van der Waals surface area contributed by atoms with E-state index in [9.17, 15) is 0 Å². The largest absolute Gasteiger partial charge is 0.329 e. The highest BCUT2D eigenvalue weighted by atomic mass is 79.9. The van der Waals surface area contributed by atoms with Crippen LogP contribution in [0.3, 0.4) is 0 Å². The van der Waals surface area contributed by atoms with Crippen LogP contribution in [0.4, 0.5) is 0 Å². The fourth-order valence-corrected chi connectivity index (χ4v) is 1.46. The van der Waals surface area contributed by atoms with Crippen LogP contribution in [0, 0.1) is 0 Å². The summed E-state index contributed by atoms with van der Waals surface area (Å²) in [6, 6.07) is 0. The molecule has 4 heteroatoms. The highest BCUT2D eigenvalue weighted by Gasteiger charge is 2.45. The Morgan fingerprint density at radius 1 is 1.42 bits per heavy atom. The van der Waals surface area contributed by atoms with Crippen LogP contribution in [0.1, 0.15) is 18.7 Å². The van der Waals surface area contributed by atoms with Crippen LogP contribution in [-0.4, -0.2) is 16.5 Å². The first-order valence-corrected chi connectivity index (χ1v) is 4.74. The molecule has 0 unspecified atom stereocenters. The summed E-state index contributed by atoms with van der Waals surface area (Å²) >= 11 is 3.30. The van der Waals surface area contributed by atoms with Gasteiger partial charge in [-0.3, -0.25) is 0 Å². The van der Waals surface area contributed by atoms with Gasteiger partial charge in [0.1, 0.15) is 5.82 Å². The van der Waals surface area contributed by atoms with Crippen molar-refractivity contribution >= 4 is 15.9 Å². The molecule has 12 heavy (non-hydrogen) atoms. The van der Waals surface area contributed by atoms with Crippen molar-refractivity contribution in [1.29, 1.82) is 0 Å². The molecule has 64 valence electrons. The molecule has 0 amide bonds. The summed E-state index contributed by atoms with van der Waals surface area (Å²) in [5.74, 6) is 0.896. The van der Waals surface area contributed by atoms with Gasteiger partial charge in [-0.1, -0.05) is 0 Å². The second-order valence-corrected chi connectivity index (χ2v) is 4.13. The van der Waals surface area contributed by atoms with Crippen LogP contribution in [0.2, 0.25) is 0 Å². The monoisotopic (exact) mass is 227 g/mol. The molecule has 2 rings (SSSR count). The Labute approximate surface area is 79.5 Å². The molecule has 2 N–H and O–H groups in total. The van der Waals surface area contributed by atoms with Gasteiger partial charge in [-0.2, -0.15) is 0 Å². The van der Waals surface area contributed by atoms with Crippen molar-refractivity contribution in [1.82, 2.24) is 9.97 Å². The SMILES string of the molecule is NCC1(c2ncc(Br)cn2)CC1. The van der Waals surface area contributed by atoms with Gasteiger partial charge in [0.15, 0.2) is 0 Å². The van der Waals surface area contributed by atoms with Gasteiger partial charge < -0.3 is 5.73 Å². The molecule has 0 aliphatic heterocycles.